The minimum atomic E-state index is -0.441. The second-order valence-electron chi connectivity index (χ2n) is 10.6. The zero-order chi connectivity index (χ0) is 31.3. The predicted molar refractivity (Wildman–Crippen MR) is 171 cm³/mol. The molecule has 13 heteroatoms. The number of nitrogens with zero attached hydrogens (tertiary/aromatic N) is 7. The molecule has 0 atom stereocenters. The molecule has 0 bridgehead atoms. The number of nitrogens with one attached hydrogen (secondary N) is 2. The summed E-state index contributed by atoms with van der Waals surface area (Å²) in [4.78, 5) is 51.1. The highest BCUT2D eigenvalue weighted by Gasteiger charge is 2.31. The van der Waals surface area contributed by atoms with Crippen molar-refractivity contribution in [3.05, 3.63) is 94.7 Å². The number of aldehydes is 1. The van der Waals surface area contributed by atoms with Crippen LogP contribution in [0.2, 0.25) is 0 Å². The lowest BCUT2D eigenvalue weighted by Crippen LogP contribution is -2.44. The molecule has 0 saturated heterocycles. The van der Waals surface area contributed by atoms with E-state index >= 15 is 0 Å². The number of carbonyl (C=O) groups excluding carboxylic acids is 2. The van der Waals surface area contributed by atoms with Gasteiger partial charge in [0.05, 0.1) is 29.8 Å². The minimum absolute atomic E-state index is 0.137. The zero-order valence-corrected chi connectivity index (χ0v) is 25.0. The van der Waals surface area contributed by atoms with E-state index in [2.05, 4.69) is 25.7 Å². The summed E-state index contributed by atoms with van der Waals surface area (Å²) in [7, 11) is 1.82. The third-order valence-corrected chi connectivity index (χ3v) is 7.59. The number of anilines is 5. The van der Waals surface area contributed by atoms with Crippen molar-refractivity contribution in [2.75, 3.05) is 41.8 Å². The van der Waals surface area contributed by atoms with E-state index < -0.39 is 6.09 Å². The fraction of sp³-hybridized carbons (Fsp3) is 0.250. The molecule has 0 aliphatic carbocycles. The molecule has 5 aromatic rings. The van der Waals surface area contributed by atoms with Gasteiger partial charge in [0.2, 0.25) is 5.95 Å². The number of amides is 1. The van der Waals surface area contributed by atoms with Gasteiger partial charge in [-0.3, -0.25) is 18.9 Å². The van der Waals surface area contributed by atoms with Crippen LogP contribution in [-0.2, 0) is 29.2 Å². The van der Waals surface area contributed by atoms with Crippen LogP contribution in [0.1, 0.15) is 11.1 Å². The first-order chi connectivity index (χ1) is 22.0. The molecule has 6 rings (SSSR count). The molecule has 2 N–H and O–H groups in total. The molecule has 45 heavy (non-hydrogen) atoms. The van der Waals surface area contributed by atoms with Gasteiger partial charge in [0.1, 0.15) is 24.2 Å². The van der Waals surface area contributed by atoms with Crippen LogP contribution in [0, 0.1) is 6.92 Å². The highest BCUT2D eigenvalue weighted by molar-refractivity contribution is 5.97. The third kappa shape index (κ3) is 6.10. The molecule has 230 valence electrons. The van der Waals surface area contributed by atoms with Crippen molar-refractivity contribution in [2.45, 2.75) is 26.6 Å². The van der Waals surface area contributed by atoms with Gasteiger partial charge in [-0.1, -0.05) is 42.5 Å². The van der Waals surface area contributed by atoms with Crippen LogP contribution in [0.5, 0.6) is 0 Å². The van der Waals surface area contributed by atoms with E-state index in [0.717, 1.165) is 23.1 Å². The second kappa shape index (κ2) is 13.0. The Morgan fingerprint density at radius 1 is 1.07 bits per heavy atom. The molecule has 4 heterocycles. The lowest BCUT2D eigenvalue weighted by Gasteiger charge is -2.38. The number of rotatable bonds is 10. The number of carbonyl (C=O) groups is 2. The van der Waals surface area contributed by atoms with Crippen LogP contribution in [0.3, 0.4) is 0 Å². The van der Waals surface area contributed by atoms with Crippen LogP contribution in [0.15, 0.2) is 78.0 Å². The van der Waals surface area contributed by atoms with Crippen LogP contribution in [0.25, 0.3) is 11.0 Å². The van der Waals surface area contributed by atoms with Crippen molar-refractivity contribution in [1.82, 2.24) is 29.6 Å². The Balaban J connectivity index is 1.35. The second-order valence-corrected chi connectivity index (χ2v) is 10.6. The highest BCUT2D eigenvalue weighted by Crippen LogP contribution is 2.40. The summed E-state index contributed by atoms with van der Waals surface area (Å²) in [6, 6.07) is 17.1. The van der Waals surface area contributed by atoms with Crippen LogP contribution in [0.4, 0.5) is 33.5 Å². The molecule has 0 unspecified atom stereocenters. The van der Waals surface area contributed by atoms with E-state index in [-0.39, 0.29) is 18.7 Å². The quantitative estimate of drug-likeness (QED) is 0.226. The van der Waals surface area contributed by atoms with Gasteiger partial charge < -0.3 is 25.1 Å². The van der Waals surface area contributed by atoms with Gasteiger partial charge in [0.25, 0.3) is 5.56 Å². The lowest BCUT2D eigenvalue weighted by molar-refractivity contribution is -0.108. The van der Waals surface area contributed by atoms with Crippen LogP contribution in [-0.4, -0.2) is 63.4 Å². The first-order valence-electron chi connectivity index (χ1n) is 14.6. The predicted octanol–water partition coefficient (Wildman–Crippen LogP) is 3.75. The molecule has 1 amide bonds. The van der Waals surface area contributed by atoms with Gasteiger partial charge in [-0.2, -0.15) is 10.1 Å². The molecule has 0 fully saturated rings. The average molecular weight is 608 g/mol. The normalized spacial score (nSPS) is 12.7. The molecule has 0 spiro atoms. The first kappa shape index (κ1) is 29.5. The number of hydrogen-bond acceptors (Lipinski definition) is 10. The minimum Gasteiger partial charge on any atom is -0.444 e. The standard InChI is InChI=1S/C32H33N9O4/c1-22-7-6-10-26-28(22)40(32(44)45-21-23-8-4-3-5-9-23)14-13-39(26)27-17-24-18-34-31(36-25-19-35-38(20-25)15-16-42)37-29(24)41(30(27)43)12-11-33-2/h3-10,16-20,33H,11-15,21H2,1-2H3,(H,34,36,37). The molecule has 2 aromatic carbocycles. The topological polar surface area (TPSA) is 140 Å². The van der Waals surface area contributed by atoms with Gasteiger partial charge in [-0.25, -0.2) is 9.78 Å². The van der Waals surface area contributed by atoms with E-state index in [1.165, 1.54) is 4.68 Å². The zero-order valence-electron chi connectivity index (χ0n) is 25.0. The Hall–Kier alpha value is -5.56. The molecular weight excluding hydrogens is 574 g/mol. The van der Waals surface area contributed by atoms with Crippen molar-refractivity contribution in [3.8, 4) is 0 Å². The van der Waals surface area contributed by atoms with E-state index in [0.29, 0.717) is 60.2 Å². The fourth-order valence-electron chi connectivity index (χ4n) is 5.44. The van der Waals surface area contributed by atoms with E-state index in [1.807, 2.05) is 67.4 Å². The van der Waals surface area contributed by atoms with Crippen LogP contribution < -0.4 is 26.0 Å². The van der Waals surface area contributed by atoms with Crippen molar-refractivity contribution in [1.29, 1.82) is 0 Å². The number of benzene rings is 2. The SMILES string of the molecule is CNCCn1c(=O)c(N2CCN(C(=O)OCc3ccccc3)c3c(C)cccc32)cc2cnc(Nc3cnn(CC=O)c3)nc21. The monoisotopic (exact) mass is 607 g/mol. The number of fused-ring (bicyclic) bond motifs is 2. The number of hydrogen-bond donors (Lipinski definition) is 2. The number of ether oxygens (including phenoxy) is 1. The maximum Gasteiger partial charge on any atom is 0.414 e. The maximum atomic E-state index is 14.2. The third-order valence-electron chi connectivity index (χ3n) is 7.59. The highest BCUT2D eigenvalue weighted by atomic mass is 16.6. The molecule has 1 aliphatic heterocycles. The summed E-state index contributed by atoms with van der Waals surface area (Å²) in [5.41, 5.74) is 4.57. The number of pyridine rings is 1. The Kier molecular flexibility index (Phi) is 8.51. The van der Waals surface area contributed by atoms with Crippen molar-refractivity contribution in [3.63, 3.8) is 0 Å². The Morgan fingerprint density at radius 2 is 1.91 bits per heavy atom. The van der Waals surface area contributed by atoms with Gasteiger partial charge >= 0.3 is 6.09 Å². The lowest BCUT2D eigenvalue weighted by atomic mass is 10.1. The van der Waals surface area contributed by atoms with Gasteiger partial charge in [0, 0.05) is 44.0 Å². The molecule has 0 saturated carbocycles. The summed E-state index contributed by atoms with van der Waals surface area (Å²) in [6.45, 7) is 3.88. The molecular formula is C32H33N9O4. The van der Waals surface area contributed by atoms with Crippen molar-refractivity contribution in [2.24, 2.45) is 0 Å². The van der Waals surface area contributed by atoms with Crippen LogP contribution >= 0.6 is 0 Å². The van der Waals surface area contributed by atoms with Gasteiger partial charge in [-0.05, 0) is 37.2 Å². The Morgan fingerprint density at radius 3 is 2.71 bits per heavy atom. The largest absolute Gasteiger partial charge is 0.444 e. The number of likely N-dealkylation sites (N-methyl/N-ethyl adjacent to an activating group) is 1. The van der Waals surface area contributed by atoms with E-state index in [1.54, 1.807) is 34.1 Å². The Labute approximate surface area is 259 Å². The summed E-state index contributed by atoms with van der Waals surface area (Å²) in [5.74, 6) is 0.294. The smallest absolute Gasteiger partial charge is 0.414 e. The van der Waals surface area contributed by atoms with Crippen molar-refractivity contribution >= 4 is 52.1 Å². The molecule has 0 radical (unpaired) electrons. The summed E-state index contributed by atoms with van der Waals surface area (Å²) in [5, 5.41) is 11.0. The number of aryl methyl sites for hydroxylation is 1. The first-order valence-corrected chi connectivity index (χ1v) is 14.6. The van der Waals surface area contributed by atoms with E-state index in [9.17, 15) is 14.4 Å². The summed E-state index contributed by atoms with van der Waals surface area (Å²) in [6.07, 6.45) is 5.25. The summed E-state index contributed by atoms with van der Waals surface area (Å²) < 4.78 is 8.82. The maximum absolute atomic E-state index is 14.2. The molecule has 3 aromatic heterocycles. The van der Waals surface area contributed by atoms with Crippen molar-refractivity contribution < 1.29 is 14.3 Å². The van der Waals surface area contributed by atoms with E-state index in [4.69, 9.17) is 4.74 Å². The average Bonchev–Trinajstić information content (AvgIpc) is 3.50. The number of para-hydroxylation sites is 1. The van der Waals surface area contributed by atoms with Gasteiger partial charge in [-0.15, -0.1) is 0 Å². The molecule has 1 aliphatic rings. The van der Waals surface area contributed by atoms with Gasteiger partial charge in [0.15, 0.2) is 0 Å². The molecule has 13 nitrogen and oxygen atoms in total. The number of aromatic nitrogens is 5. The Bertz CT molecular complexity index is 1900. The summed E-state index contributed by atoms with van der Waals surface area (Å²) >= 11 is 0. The fourth-order valence-corrected chi connectivity index (χ4v) is 5.44.